The number of nitrogens with zero attached hydrogens (tertiary/aromatic N) is 1. The van der Waals surface area contributed by atoms with Crippen LogP contribution in [0.2, 0.25) is 0 Å². The summed E-state index contributed by atoms with van der Waals surface area (Å²) in [6.07, 6.45) is 6.81. The molecule has 1 aliphatic heterocycles. The summed E-state index contributed by atoms with van der Waals surface area (Å²) in [5, 5.41) is 0. The molecule has 3 rings (SSSR count). The van der Waals surface area contributed by atoms with Crippen LogP contribution in [0.3, 0.4) is 0 Å². The number of fused-ring (bicyclic) bond motifs is 1. The maximum absolute atomic E-state index is 13.0. The van der Waals surface area contributed by atoms with Gasteiger partial charge in [-0.2, -0.15) is 4.31 Å². The van der Waals surface area contributed by atoms with E-state index in [1.54, 1.807) is 10.4 Å². The molecule has 2 heterocycles. The molecule has 2 fully saturated rings. The van der Waals surface area contributed by atoms with Crippen molar-refractivity contribution < 1.29 is 8.42 Å². The van der Waals surface area contributed by atoms with Gasteiger partial charge in [-0.05, 0) is 50.2 Å². The van der Waals surface area contributed by atoms with Crippen LogP contribution in [0, 0.1) is 12.8 Å². The van der Waals surface area contributed by atoms with Gasteiger partial charge >= 0.3 is 0 Å². The molecule has 1 saturated heterocycles. The number of hydrogen-bond donors (Lipinski definition) is 1. The number of piperidine rings is 1. The van der Waals surface area contributed by atoms with Crippen molar-refractivity contribution in [3.8, 4) is 0 Å². The second kappa shape index (κ2) is 5.99. The number of hydrogen-bond acceptors (Lipinski definition) is 4. The largest absolute Gasteiger partial charge is 0.326 e. The molecule has 1 aromatic heterocycles. The molecule has 2 aliphatic rings. The average Bonchev–Trinajstić information content (AvgIpc) is 2.88. The van der Waals surface area contributed by atoms with Gasteiger partial charge in [0.05, 0.1) is 0 Å². The van der Waals surface area contributed by atoms with Crippen molar-refractivity contribution in [2.75, 3.05) is 6.54 Å². The van der Waals surface area contributed by atoms with Gasteiger partial charge in [0.15, 0.2) is 0 Å². The molecule has 0 bridgehead atoms. The summed E-state index contributed by atoms with van der Waals surface area (Å²) in [5.41, 5.74) is 6.69. The second-order valence-corrected chi connectivity index (χ2v) is 9.50. The summed E-state index contributed by atoms with van der Waals surface area (Å²) in [4.78, 5) is 0.978. The molecule has 0 amide bonds. The predicted octanol–water partition coefficient (Wildman–Crippen LogP) is 2.86. The van der Waals surface area contributed by atoms with Crippen LogP contribution in [0.15, 0.2) is 10.3 Å². The maximum Gasteiger partial charge on any atom is 0.252 e. The van der Waals surface area contributed by atoms with E-state index in [0.29, 0.717) is 23.2 Å². The Balaban J connectivity index is 1.92. The zero-order chi connectivity index (χ0) is 15.0. The highest BCUT2D eigenvalue weighted by atomic mass is 32.2. The molecule has 21 heavy (non-hydrogen) atoms. The highest BCUT2D eigenvalue weighted by Crippen LogP contribution is 2.39. The summed E-state index contributed by atoms with van der Waals surface area (Å²) in [6.45, 7) is 3.04. The first kappa shape index (κ1) is 15.5. The highest BCUT2D eigenvalue weighted by molar-refractivity contribution is 7.91. The van der Waals surface area contributed by atoms with E-state index in [1.807, 2.05) is 6.92 Å². The van der Waals surface area contributed by atoms with Crippen LogP contribution in [0.25, 0.3) is 0 Å². The lowest BCUT2D eigenvalue weighted by molar-refractivity contribution is 0.129. The fourth-order valence-corrected chi connectivity index (χ4v) is 7.16. The number of nitrogens with two attached hydrogens (primary N) is 1. The summed E-state index contributed by atoms with van der Waals surface area (Å²) in [5.74, 6) is 0.567. The fourth-order valence-electron chi connectivity index (χ4n) is 3.81. The minimum atomic E-state index is -3.35. The minimum absolute atomic E-state index is 0.223. The lowest BCUT2D eigenvalue weighted by Gasteiger charge is -2.42. The first-order valence-corrected chi connectivity index (χ1v) is 10.1. The Kier molecular flexibility index (Phi) is 4.41. The first-order chi connectivity index (χ1) is 10.0. The third-order valence-corrected chi connectivity index (χ3v) is 8.57. The Morgan fingerprint density at radius 1 is 1.29 bits per heavy atom. The van der Waals surface area contributed by atoms with E-state index in [1.165, 1.54) is 30.6 Å². The van der Waals surface area contributed by atoms with E-state index >= 15 is 0 Å². The van der Waals surface area contributed by atoms with Crippen LogP contribution in [-0.2, 0) is 16.6 Å². The van der Waals surface area contributed by atoms with Crippen molar-refractivity contribution >= 4 is 21.4 Å². The van der Waals surface area contributed by atoms with Gasteiger partial charge < -0.3 is 5.73 Å². The SMILES string of the molecule is Cc1cc(S(=O)(=O)N2CCCC3CCCCC32)sc1CN. The number of thiophene rings is 1. The highest BCUT2D eigenvalue weighted by Gasteiger charge is 2.40. The van der Waals surface area contributed by atoms with Crippen molar-refractivity contribution in [1.82, 2.24) is 4.31 Å². The Labute approximate surface area is 131 Å². The second-order valence-electron chi connectivity index (χ2n) is 6.25. The summed E-state index contributed by atoms with van der Waals surface area (Å²) in [7, 11) is -3.35. The van der Waals surface area contributed by atoms with Crippen molar-refractivity contribution in [2.45, 2.75) is 62.2 Å². The normalized spacial score (nSPS) is 27.5. The molecule has 0 radical (unpaired) electrons. The number of rotatable bonds is 3. The van der Waals surface area contributed by atoms with Crippen molar-refractivity contribution in [3.63, 3.8) is 0 Å². The molecule has 6 heteroatoms. The predicted molar refractivity (Wildman–Crippen MR) is 85.8 cm³/mol. The van der Waals surface area contributed by atoms with E-state index in [2.05, 4.69) is 0 Å². The molecule has 0 aromatic carbocycles. The van der Waals surface area contributed by atoms with Crippen molar-refractivity contribution in [3.05, 3.63) is 16.5 Å². The lowest BCUT2D eigenvalue weighted by Crippen LogP contribution is -2.49. The smallest absolute Gasteiger partial charge is 0.252 e. The minimum Gasteiger partial charge on any atom is -0.326 e. The van der Waals surface area contributed by atoms with E-state index in [-0.39, 0.29) is 6.04 Å². The summed E-state index contributed by atoms with van der Waals surface area (Å²) < 4.78 is 28.3. The summed E-state index contributed by atoms with van der Waals surface area (Å²) >= 11 is 1.34. The molecular weight excluding hydrogens is 304 g/mol. The Morgan fingerprint density at radius 2 is 2.00 bits per heavy atom. The Hall–Kier alpha value is -0.430. The van der Waals surface area contributed by atoms with Crippen LogP contribution in [0.1, 0.15) is 49.0 Å². The monoisotopic (exact) mass is 328 g/mol. The zero-order valence-corrected chi connectivity index (χ0v) is 14.2. The van der Waals surface area contributed by atoms with E-state index in [9.17, 15) is 8.42 Å². The van der Waals surface area contributed by atoms with Gasteiger partial charge in [-0.1, -0.05) is 12.8 Å². The van der Waals surface area contributed by atoms with Gasteiger partial charge in [0, 0.05) is 24.0 Å². The number of aryl methyl sites for hydroxylation is 1. The van der Waals surface area contributed by atoms with Gasteiger partial charge in [0.25, 0.3) is 10.0 Å². The van der Waals surface area contributed by atoms with Gasteiger partial charge in [-0.3, -0.25) is 0 Å². The van der Waals surface area contributed by atoms with E-state index < -0.39 is 10.0 Å². The Morgan fingerprint density at radius 3 is 2.71 bits per heavy atom. The van der Waals surface area contributed by atoms with Crippen LogP contribution in [0.4, 0.5) is 0 Å². The van der Waals surface area contributed by atoms with Gasteiger partial charge in [-0.15, -0.1) is 11.3 Å². The quantitative estimate of drug-likeness (QED) is 0.928. The molecular formula is C15H24N2O2S2. The molecule has 2 unspecified atom stereocenters. The first-order valence-electron chi connectivity index (χ1n) is 7.85. The average molecular weight is 329 g/mol. The van der Waals surface area contributed by atoms with Crippen LogP contribution >= 0.6 is 11.3 Å². The molecule has 1 aliphatic carbocycles. The number of sulfonamides is 1. The van der Waals surface area contributed by atoms with E-state index in [0.717, 1.165) is 29.7 Å². The molecule has 1 aromatic rings. The maximum atomic E-state index is 13.0. The topological polar surface area (TPSA) is 63.4 Å². The third kappa shape index (κ3) is 2.79. The van der Waals surface area contributed by atoms with Gasteiger partial charge in [0.1, 0.15) is 4.21 Å². The van der Waals surface area contributed by atoms with Crippen LogP contribution < -0.4 is 5.73 Å². The van der Waals surface area contributed by atoms with Gasteiger partial charge in [0.2, 0.25) is 0 Å². The molecule has 0 spiro atoms. The lowest BCUT2D eigenvalue weighted by atomic mass is 9.79. The molecule has 2 atom stereocenters. The van der Waals surface area contributed by atoms with Gasteiger partial charge in [-0.25, -0.2) is 8.42 Å². The van der Waals surface area contributed by atoms with E-state index in [4.69, 9.17) is 5.73 Å². The zero-order valence-electron chi connectivity index (χ0n) is 12.5. The van der Waals surface area contributed by atoms with Crippen LogP contribution in [0.5, 0.6) is 0 Å². The molecule has 118 valence electrons. The molecule has 1 saturated carbocycles. The fraction of sp³-hybridized carbons (Fsp3) is 0.733. The summed E-state index contributed by atoms with van der Waals surface area (Å²) in [6, 6.07) is 2.02. The molecule has 2 N–H and O–H groups in total. The molecule has 4 nitrogen and oxygen atoms in total. The van der Waals surface area contributed by atoms with Crippen molar-refractivity contribution in [2.24, 2.45) is 11.7 Å². The standard InChI is InChI=1S/C15H24N2O2S2/c1-11-9-15(20-14(11)10-16)21(18,19)17-8-4-6-12-5-2-3-7-13(12)17/h9,12-13H,2-8,10,16H2,1H3. The third-order valence-electron chi connectivity index (χ3n) is 4.94. The van der Waals surface area contributed by atoms with Crippen molar-refractivity contribution in [1.29, 1.82) is 0 Å². The van der Waals surface area contributed by atoms with Crippen LogP contribution in [-0.4, -0.2) is 25.3 Å². The Bertz CT molecular complexity index is 607.